The molecule has 0 aromatic heterocycles. The first-order valence-electron chi connectivity index (χ1n) is 8.84. The van der Waals surface area contributed by atoms with E-state index in [4.69, 9.17) is 4.74 Å². The molecule has 0 spiro atoms. The van der Waals surface area contributed by atoms with Gasteiger partial charge in [0.25, 0.3) is 0 Å². The summed E-state index contributed by atoms with van der Waals surface area (Å²) in [4.78, 5) is 18.8. The summed E-state index contributed by atoms with van der Waals surface area (Å²) in [6.07, 6.45) is 1.42. The molecule has 1 aromatic rings. The van der Waals surface area contributed by atoms with Gasteiger partial charge in [-0.15, -0.1) is 0 Å². The first-order chi connectivity index (χ1) is 11.5. The second-order valence-electron chi connectivity index (χ2n) is 7.31. The van der Waals surface area contributed by atoms with Gasteiger partial charge in [-0.1, -0.05) is 12.1 Å². The number of ether oxygens (including phenoxy) is 1. The number of methoxy groups -OCH3 is 1. The maximum atomic E-state index is 12.1. The van der Waals surface area contributed by atoms with E-state index in [-0.39, 0.29) is 11.9 Å². The van der Waals surface area contributed by atoms with Gasteiger partial charge in [-0.2, -0.15) is 0 Å². The first kappa shape index (κ1) is 17.2. The maximum Gasteiger partial charge on any atom is 0.224 e. The van der Waals surface area contributed by atoms with Crippen molar-refractivity contribution in [2.45, 2.75) is 32.4 Å². The summed E-state index contributed by atoms with van der Waals surface area (Å²) in [6, 6.07) is 8.46. The summed E-state index contributed by atoms with van der Waals surface area (Å²) >= 11 is 0. The van der Waals surface area contributed by atoms with Crippen molar-refractivity contribution in [3.05, 3.63) is 24.3 Å². The molecule has 24 heavy (non-hydrogen) atoms. The van der Waals surface area contributed by atoms with Crippen LogP contribution < -0.4 is 9.80 Å². The van der Waals surface area contributed by atoms with Gasteiger partial charge in [-0.05, 0) is 38.4 Å². The lowest BCUT2D eigenvalue weighted by Crippen LogP contribution is -2.52. The van der Waals surface area contributed by atoms with Crippen molar-refractivity contribution in [1.82, 2.24) is 4.90 Å². The Kier molecular flexibility index (Phi) is 5.11. The molecular weight excluding hydrogens is 302 g/mol. The van der Waals surface area contributed by atoms with E-state index in [2.05, 4.69) is 42.0 Å². The van der Waals surface area contributed by atoms with Gasteiger partial charge in [-0.3, -0.25) is 4.79 Å². The van der Waals surface area contributed by atoms with Crippen molar-refractivity contribution in [2.24, 2.45) is 5.92 Å². The Bertz CT molecular complexity index is 592. The SMILES string of the molecule is COC1CC(CN2C[C@H](C)N(C(C)=O)c3ccccc32)CN(C)C1. The Morgan fingerprint density at radius 3 is 2.58 bits per heavy atom. The van der Waals surface area contributed by atoms with Crippen LogP contribution >= 0.6 is 0 Å². The van der Waals surface area contributed by atoms with Crippen LogP contribution in [0, 0.1) is 5.92 Å². The molecule has 132 valence electrons. The van der Waals surface area contributed by atoms with Crippen LogP contribution in [0.2, 0.25) is 0 Å². The molecular formula is C19H29N3O2. The molecule has 0 saturated carbocycles. The molecule has 0 radical (unpaired) electrons. The number of carbonyl (C=O) groups is 1. The Hall–Kier alpha value is -1.59. The zero-order valence-corrected chi connectivity index (χ0v) is 15.2. The Labute approximate surface area is 145 Å². The number of rotatable bonds is 3. The largest absolute Gasteiger partial charge is 0.380 e. The topological polar surface area (TPSA) is 36.0 Å². The number of benzene rings is 1. The highest BCUT2D eigenvalue weighted by molar-refractivity contribution is 5.97. The summed E-state index contributed by atoms with van der Waals surface area (Å²) < 4.78 is 5.61. The van der Waals surface area contributed by atoms with Gasteiger partial charge in [0.15, 0.2) is 0 Å². The summed E-state index contributed by atoms with van der Waals surface area (Å²) in [5.74, 6) is 0.698. The van der Waals surface area contributed by atoms with Crippen molar-refractivity contribution in [3.63, 3.8) is 0 Å². The second kappa shape index (κ2) is 7.11. The molecule has 0 N–H and O–H groups in total. The molecule has 3 rings (SSSR count). The van der Waals surface area contributed by atoms with Gasteiger partial charge in [0.2, 0.25) is 5.91 Å². The minimum atomic E-state index is 0.117. The number of carbonyl (C=O) groups excluding carboxylic acids is 1. The van der Waals surface area contributed by atoms with Crippen LogP contribution in [0.4, 0.5) is 11.4 Å². The smallest absolute Gasteiger partial charge is 0.224 e. The highest BCUT2D eigenvalue weighted by atomic mass is 16.5. The average molecular weight is 331 g/mol. The fraction of sp³-hybridized carbons (Fsp3) is 0.632. The van der Waals surface area contributed by atoms with E-state index in [0.29, 0.717) is 12.0 Å². The fourth-order valence-electron chi connectivity index (χ4n) is 4.32. The minimum Gasteiger partial charge on any atom is -0.380 e. The van der Waals surface area contributed by atoms with Crippen LogP contribution in [0.1, 0.15) is 20.3 Å². The summed E-state index contributed by atoms with van der Waals surface area (Å²) in [7, 11) is 3.98. The number of likely N-dealkylation sites (N-methyl/N-ethyl adjacent to an activating group) is 1. The third kappa shape index (κ3) is 3.42. The number of fused-ring (bicyclic) bond motifs is 1. The third-order valence-electron chi connectivity index (χ3n) is 5.24. The van der Waals surface area contributed by atoms with Crippen LogP contribution in [0.3, 0.4) is 0 Å². The van der Waals surface area contributed by atoms with E-state index in [1.807, 2.05) is 18.1 Å². The predicted octanol–water partition coefficient (Wildman–Crippen LogP) is 2.21. The second-order valence-corrected chi connectivity index (χ2v) is 7.31. The number of para-hydroxylation sites is 2. The molecule has 2 aliphatic heterocycles. The average Bonchev–Trinajstić information content (AvgIpc) is 2.53. The lowest BCUT2D eigenvalue weighted by Gasteiger charge is -2.44. The van der Waals surface area contributed by atoms with Gasteiger partial charge in [0.1, 0.15) is 0 Å². The van der Waals surface area contributed by atoms with Gasteiger partial charge >= 0.3 is 0 Å². The number of likely N-dealkylation sites (tertiary alicyclic amines) is 1. The van der Waals surface area contributed by atoms with Crippen molar-refractivity contribution in [2.75, 3.05) is 50.1 Å². The molecule has 1 saturated heterocycles. The summed E-state index contributed by atoms with van der Waals surface area (Å²) in [5.41, 5.74) is 2.21. The van der Waals surface area contributed by atoms with Crippen molar-refractivity contribution in [1.29, 1.82) is 0 Å². The van der Waals surface area contributed by atoms with Crippen LogP contribution in [0.25, 0.3) is 0 Å². The van der Waals surface area contributed by atoms with E-state index < -0.39 is 0 Å². The van der Waals surface area contributed by atoms with E-state index in [1.165, 1.54) is 5.69 Å². The molecule has 2 unspecified atom stereocenters. The highest BCUT2D eigenvalue weighted by Crippen LogP contribution is 2.36. The lowest BCUT2D eigenvalue weighted by atomic mass is 9.94. The Balaban J connectivity index is 1.81. The molecule has 1 amide bonds. The van der Waals surface area contributed by atoms with Crippen molar-refractivity contribution in [3.8, 4) is 0 Å². The molecule has 2 heterocycles. The van der Waals surface area contributed by atoms with Crippen molar-refractivity contribution >= 4 is 17.3 Å². The number of nitrogens with zero attached hydrogens (tertiary/aromatic N) is 3. The van der Waals surface area contributed by atoms with E-state index >= 15 is 0 Å². The van der Waals surface area contributed by atoms with Crippen LogP contribution in [-0.4, -0.2) is 63.3 Å². The van der Waals surface area contributed by atoms with Gasteiger partial charge in [0, 0.05) is 40.2 Å². The minimum absolute atomic E-state index is 0.117. The summed E-state index contributed by atoms with van der Waals surface area (Å²) in [5, 5.41) is 0. The third-order valence-corrected chi connectivity index (χ3v) is 5.24. The molecule has 0 aliphatic carbocycles. The monoisotopic (exact) mass is 331 g/mol. The standard InChI is InChI=1S/C19H29N3O2/c1-14-10-21(12-16-9-17(24-4)13-20(3)11-16)18-7-5-6-8-19(18)22(14)15(2)23/h5-8,14,16-17H,9-13H2,1-4H3/t14-,16?,17?/m0/s1. The number of anilines is 2. The summed E-state index contributed by atoms with van der Waals surface area (Å²) in [6.45, 7) is 7.80. The van der Waals surface area contributed by atoms with Crippen molar-refractivity contribution < 1.29 is 9.53 Å². The zero-order valence-electron chi connectivity index (χ0n) is 15.2. The number of hydrogen-bond donors (Lipinski definition) is 0. The van der Waals surface area contributed by atoms with E-state index in [9.17, 15) is 4.79 Å². The molecule has 3 atom stereocenters. The number of amides is 1. The predicted molar refractivity (Wildman–Crippen MR) is 97.7 cm³/mol. The van der Waals surface area contributed by atoms with Gasteiger partial charge in [0.05, 0.1) is 23.5 Å². The maximum absolute atomic E-state index is 12.1. The molecule has 2 aliphatic rings. The first-order valence-corrected chi connectivity index (χ1v) is 8.84. The van der Waals surface area contributed by atoms with Crippen LogP contribution in [0.5, 0.6) is 0 Å². The number of piperidine rings is 1. The van der Waals surface area contributed by atoms with Crippen LogP contribution in [-0.2, 0) is 9.53 Å². The lowest BCUT2D eigenvalue weighted by molar-refractivity contribution is -0.117. The number of hydrogen-bond acceptors (Lipinski definition) is 4. The zero-order chi connectivity index (χ0) is 17.3. The van der Waals surface area contributed by atoms with Gasteiger partial charge in [-0.25, -0.2) is 0 Å². The van der Waals surface area contributed by atoms with Crippen LogP contribution in [0.15, 0.2) is 24.3 Å². The molecule has 0 bridgehead atoms. The van der Waals surface area contributed by atoms with Gasteiger partial charge < -0.3 is 19.4 Å². The molecule has 1 fully saturated rings. The molecule has 1 aromatic carbocycles. The fourth-order valence-corrected chi connectivity index (χ4v) is 4.32. The quantitative estimate of drug-likeness (QED) is 0.851. The highest BCUT2D eigenvalue weighted by Gasteiger charge is 2.33. The Morgan fingerprint density at radius 1 is 1.21 bits per heavy atom. The Morgan fingerprint density at radius 2 is 1.92 bits per heavy atom. The molecule has 5 nitrogen and oxygen atoms in total. The van der Waals surface area contributed by atoms with E-state index in [1.54, 1.807) is 6.92 Å². The molecule has 5 heteroatoms. The normalized spacial score (nSPS) is 27.9. The van der Waals surface area contributed by atoms with E-state index in [0.717, 1.165) is 38.3 Å².